The van der Waals surface area contributed by atoms with Crippen molar-refractivity contribution in [3.05, 3.63) is 39.9 Å². The van der Waals surface area contributed by atoms with E-state index in [-0.39, 0.29) is 6.09 Å². The Morgan fingerprint density at radius 3 is 2.77 bits per heavy atom. The summed E-state index contributed by atoms with van der Waals surface area (Å²) in [6.07, 6.45) is -0.290. The van der Waals surface area contributed by atoms with Gasteiger partial charge in [-0.25, -0.2) is 9.78 Å². The molecule has 2 aromatic rings. The second kappa shape index (κ2) is 5.56. The molecule has 0 N–H and O–H groups in total. The maximum Gasteiger partial charge on any atom is 0.410 e. The Hall–Kier alpha value is -1.59. The first-order chi connectivity index (χ1) is 10.3. The summed E-state index contributed by atoms with van der Waals surface area (Å²) >= 11 is 7.63. The van der Waals surface area contributed by atoms with Gasteiger partial charge in [0.05, 0.1) is 18.8 Å². The number of benzene rings is 1. The van der Waals surface area contributed by atoms with E-state index in [2.05, 4.69) is 4.98 Å². The lowest BCUT2D eigenvalue weighted by molar-refractivity contribution is 0.0241. The van der Waals surface area contributed by atoms with Gasteiger partial charge in [-0.2, -0.15) is 0 Å². The van der Waals surface area contributed by atoms with Crippen LogP contribution in [-0.4, -0.2) is 21.6 Å². The third kappa shape index (κ3) is 3.25. The molecule has 0 aliphatic carbocycles. The van der Waals surface area contributed by atoms with E-state index in [0.29, 0.717) is 18.1 Å². The van der Waals surface area contributed by atoms with Crippen molar-refractivity contribution in [1.29, 1.82) is 0 Å². The maximum absolute atomic E-state index is 12.1. The van der Waals surface area contributed by atoms with Gasteiger partial charge in [0, 0.05) is 15.5 Å². The van der Waals surface area contributed by atoms with Crippen LogP contribution in [0.25, 0.3) is 10.6 Å². The van der Waals surface area contributed by atoms with Crippen molar-refractivity contribution in [2.45, 2.75) is 39.5 Å². The van der Waals surface area contributed by atoms with Crippen LogP contribution in [-0.2, 0) is 17.8 Å². The number of aromatic nitrogens is 1. The van der Waals surface area contributed by atoms with Gasteiger partial charge < -0.3 is 4.74 Å². The van der Waals surface area contributed by atoms with Crippen molar-refractivity contribution in [1.82, 2.24) is 9.88 Å². The molecule has 0 saturated carbocycles. The lowest BCUT2D eigenvalue weighted by Crippen LogP contribution is -2.33. The lowest BCUT2D eigenvalue weighted by atomic mass is 10.2. The number of hydrogen-bond acceptors (Lipinski definition) is 4. The largest absolute Gasteiger partial charge is 0.444 e. The maximum atomic E-state index is 12.1. The zero-order chi connectivity index (χ0) is 15.9. The van der Waals surface area contributed by atoms with Gasteiger partial charge in [0.1, 0.15) is 10.6 Å². The molecule has 0 saturated heterocycles. The van der Waals surface area contributed by atoms with E-state index in [9.17, 15) is 4.79 Å². The number of rotatable bonds is 1. The molecule has 0 radical (unpaired) electrons. The molecule has 1 amide bonds. The predicted molar refractivity (Wildman–Crippen MR) is 88.0 cm³/mol. The van der Waals surface area contributed by atoms with E-state index in [1.165, 1.54) is 0 Å². The van der Waals surface area contributed by atoms with Crippen LogP contribution in [0.3, 0.4) is 0 Å². The number of amides is 1. The van der Waals surface area contributed by atoms with Crippen molar-refractivity contribution < 1.29 is 9.53 Å². The first-order valence-corrected chi connectivity index (χ1v) is 8.24. The second-order valence-electron chi connectivity index (χ2n) is 6.24. The number of carbonyl (C=O) groups is 1. The minimum atomic E-state index is -0.480. The average Bonchev–Trinajstić information content (AvgIpc) is 2.94. The number of nitrogens with zero attached hydrogens (tertiary/aromatic N) is 2. The molecule has 0 bridgehead atoms. The fourth-order valence-corrected chi connectivity index (χ4v) is 3.51. The van der Waals surface area contributed by atoms with Gasteiger partial charge in [-0.05, 0) is 32.9 Å². The Kier molecular flexibility index (Phi) is 3.87. The predicted octanol–water partition coefficient (Wildman–Crippen LogP) is 4.71. The molecule has 4 nitrogen and oxygen atoms in total. The molecule has 6 heteroatoms. The number of halogens is 1. The van der Waals surface area contributed by atoms with Crippen LogP contribution in [0, 0.1) is 0 Å². The van der Waals surface area contributed by atoms with Crippen LogP contribution in [0.5, 0.6) is 0 Å². The summed E-state index contributed by atoms with van der Waals surface area (Å²) in [5.74, 6) is 0. The van der Waals surface area contributed by atoms with Crippen molar-refractivity contribution in [2.75, 3.05) is 0 Å². The third-order valence-electron chi connectivity index (χ3n) is 3.18. The van der Waals surface area contributed by atoms with E-state index in [1.54, 1.807) is 16.2 Å². The Labute approximate surface area is 138 Å². The molecule has 1 aliphatic rings. The molecule has 116 valence electrons. The van der Waals surface area contributed by atoms with Crippen LogP contribution < -0.4 is 0 Å². The third-order valence-corrected chi connectivity index (χ3v) is 4.54. The number of ether oxygens (including phenoxy) is 1. The number of hydrogen-bond donors (Lipinski definition) is 0. The van der Waals surface area contributed by atoms with Gasteiger partial charge in [0.25, 0.3) is 0 Å². The smallest absolute Gasteiger partial charge is 0.410 e. The highest BCUT2D eigenvalue weighted by molar-refractivity contribution is 7.15. The van der Waals surface area contributed by atoms with Crippen LogP contribution in [0.15, 0.2) is 24.3 Å². The second-order valence-corrected chi connectivity index (χ2v) is 7.76. The Bertz CT molecular complexity index is 698. The van der Waals surface area contributed by atoms with E-state index in [4.69, 9.17) is 16.3 Å². The zero-order valence-corrected chi connectivity index (χ0v) is 14.3. The number of carbonyl (C=O) groups excluding carboxylic acids is 1. The van der Waals surface area contributed by atoms with Crippen LogP contribution >= 0.6 is 22.9 Å². The van der Waals surface area contributed by atoms with Crippen LogP contribution in [0.4, 0.5) is 4.79 Å². The van der Waals surface area contributed by atoms with Crippen molar-refractivity contribution >= 4 is 29.0 Å². The Balaban J connectivity index is 1.74. The Morgan fingerprint density at radius 1 is 1.36 bits per heavy atom. The van der Waals surface area contributed by atoms with Crippen LogP contribution in [0.2, 0.25) is 5.02 Å². The fraction of sp³-hybridized carbons (Fsp3) is 0.375. The summed E-state index contributed by atoms with van der Waals surface area (Å²) in [5.41, 5.74) is 1.48. The summed E-state index contributed by atoms with van der Waals surface area (Å²) in [4.78, 5) is 19.5. The average molecular weight is 337 g/mol. The molecule has 1 aromatic heterocycles. The highest BCUT2D eigenvalue weighted by Crippen LogP contribution is 2.34. The normalized spacial score (nSPS) is 14.1. The Morgan fingerprint density at radius 2 is 2.14 bits per heavy atom. The first-order valence-electron chi connectivity index (χ1n) is 7.04. The first kappa shape index (κ1) is 15.3. The summed E-state index contributed by atoms with van der Waals surface area (Å²) < 4.78 is 5.40. The van der Waals surface area contributed by atoms with Gasteiger partial charge in [-0.3, -0.25) is 4.90 Å². The molecule has 0 unspecified atom stereocenters. The monoisotopic (exact) mass is 336 g/mol. The molecule has 0 spiro atoms. The van der Waals surface area contributed by atoms with Crippen molar-refractivity contribution in [2.24, 2.45) is 0 Å². The lowest BCUT2D eigenvalue weighted by Gasteiger charge is -2.24. The summed E-state index contributed by atoms with van der Waals surface area (Å²) in [6.45, 7) is 6.66. The van der Waals surface area contributed by atoms with Gasteiger partial charge in [-0.1, -0.05) is 23.7 Å². The van der Waals surface area contributed by atoms with Gasteiger partial charge in [-0.15, -0.1) is 11.3 Å². The summed E-state index contributed by atoms with van der Waals surface area (Å²) in [7, 11) is 0. The summed E-state index contributed by atoms with van der Waals surface area (Å²) in [6, 6.07) is 7.65. The van der Waals surface area contributed by atoms with E-state index in [1.807, 2.05) is 45.0 Å². The van der Waals surface area contributed by atoms with E-state index >= 15 is 0 Å². The fourth-order valence-electron chi connectivity index (χ4n) is 2.24. The molecule has 1 aromatic carbocycles. The molecule has 3 rings (SSSR count). The highest BCUT2D eigenvalue weighted by atomic mass is 35.5. The highest BCUT2D eigenvalue weighted by Gasteiger charge is 2.30. The van der Waals surface area contributed by atoms with Crippen molar-refractivity contribution in [3.63, 3.8) is 0 Å². The number of fused-ring (bicyclic) bond motifs is 1. The molecular weight excluding hydrogens is 320 g/mol. The standard InChI is InChI=1S/C16H17ClN2O2S/c1-16(2,3)21-15(20)19-8-12-13(9-19)22-14(18-12)10-5-4-6-11(17)7-10/h4-7H,8-9H2,1-3H3. The van der Waals surface area contributed by atoms with Gasteiger partial charge in [0.15, 0.2) is 0 Å². The molecule has 0 fully saturated rings. The minimum Gasteiger partial charge on any atom is -0.444 e. The molecule has 22 heavy (non-hydrogen) atoms. The van der Waals surface area contributed by atoms with E-state index < -0.39 is 5.60 Å². The van der Waals surface area contributed by atoms with E-state index in [0.717, 1.165) is 21.1 Å². The molecule has 1 aliphatic heterocycles. The SMILES string of the molecule is CC(C)(C)OC(=O)N1Cc2nc(-c3cccc(Cl)c3)sc2C1. The summed E-state index contributed by atoms with van der Waals surface area (Å²) in [5, 5.41) is 1.64. The molecular formula is C16H17ClN2O2S. The topological polar surface area (TPSA) is 42.4 Å². The number of thiazole rings is 1. The molecule has 2 heterocycles. The minimum absolute atomic E-state index is 0.290. The molecule has 0 atom stereocenters. The van der Waals surface area contributed by atoms with Crippen LogP contribution in [0.1, 0.15) is 31.3 Å². The van der Waals surface area contributed by atoms with Gasteiger partial charge in [0.2, 0.25) is 0 Å². The van der Waals surface area contributed by atoms with Gasteiger partial charge >= 0.3 is 6.09 Å². The zero-order valence-electron chi connectivity index (χ0n) is 12.7. The quantitative estimate of drug-likeness (QED) is 0.757. The van der Waals surface area contributed by atoms with Crippen molar-refractivity contribution in [3.8, 4) is 10.6 Å².